The van der Waals surface area contributed by atoms with Gasteiger partial charge in [0.05, 0.1) is 12.7 Å². The van der Waals surface area contributed by atoms with Crippen molar-refractivity contribution in [1.82, 2.24) is 5.32 Å². The molecule has 3 nitrogen and oxygen atoms in total. The summed E-state index contributed by atoms with van der Waals surface area (Å²) >= 11 is 0. The van der Waals surface area contributed by atoms with Crippen LogP contribution < -0.4 is 10.1 Å². The van der Waals surface area contributed by atoms with E-state index in [0.717, 1.165) is 23.1 Å². The van der Waals surface area contributed by atoms with Gasteiger partial charge in [0, 0.05) is 6.04 Å². The molecule has 2 aliphatic rings. The fourth-order valence-electron chi connectivity index (χ4n) is 4.23. The molecular weight excluding hydrogens is 274 g/mol. The minimum absolute atomic E-state index is 0.000142. The lowest BCUT2D eigenvalue weighted by Crippen LogP contribution is -2.38. The van der Waals surface area contributed by atoms with Gasteiger partial charge >= 0.3 is 0 Å². The smallest absolute Gasteiger partial charge is 0.255 e. The Morgan fingerprint density at radius 1 is 1.14 bits per heavy atom. The first-order valence-corrected chi connectivity index (χ1v) is 8.12. The summed E-state index contributed by atoms with van der Waals surface area (Å²) in [6.07, 6.45) is 5.05. The molecule has 2 aromatic carbocycles. The van der Waals surface area contributed by atoms with Gasteiger partial charge in [-0.2, -0.15) is 0 Å². The maximum Gasteiger partial charge on any atom is 0.255 e. The summed E-state index contributed by atoms with van der Waals surface area (Å²) in [5.74, 6) is 2.16. The van der Waals surface area contributed by atoms with Gasteiger partial charge in [-0.3, -0.25) is 4.79 Å². The summed E-state index contributed by atoms with van der Waals surface area (Å²) in [6, 6.07) is 12.3. The SMILES string of the molecule is COc1cc2ccccc2cc1C(=O)N[C@@H]1C[C@H]2CC[C@H]1C2. The zero-order valence-corrected chi connectivity index (χ0v) is 12.8. The molecule has 0 unspecified atom stereocenters. The molecule has 0 heterocycles. The van der Waals surface area contributed by atoms with Crippen LogP contribution in [0.4, 0.5) is 0 Å². The molecule has 3 heteroatoms. The number of methoxy groups -OCH3 is 1. The Bertz CT molecular complexity index is 724. The molecule has 2 bridgehead atoms. The highest BCUT2D eigenvalue weighted by Gasteiger charge is 2.40. The van der Waals surface area contributed by atoms with E-state index in [1.54, 1.807) is 7.11 Å². The molecule has 2 saturated carbocycles. The standard InChI is InChI=1S/C19H21NO2/c1-22-18-11-14-5-3-2-4-13(14)10-16(18)19(21)20-17-9-12-6-7-15(17)8-12/h2-5,10-12,15,17H,6-9H2,1H3,(H,20,21)/t12-,15-,17+/m0/s1. The molecule has 0 aliphatic heterocycles. The molecule has 1 amide bonds. The number of carbonyl (C=O) groups is 1. The third-order valence-electron chi connectivity index (χ3n) is 5.37. The zero-order valence-electron chi connectivity index (χ0n) is 12.8. The number of rotatable bonds is 3. The van der Waals surface area contributed by atoms with Crippen LogP contribution in [0.3, 0.4) is 0 Å². The summed E-state index contributed by atoms with van der Waals surface area (Å²) in [7, 11) is 1.62. The second kappa shape index (κ2) is 5.31. The molecule has 0 aromatic heterocycles. The van der Waals surface area contributed by atoms with Gasteiger partial charge in [0.1, 0.15) is 5.75 Å². The summed E-state index contributed by atoms with van der Waals surface area (Å²) in [5.41, 5.74) is 0.643. The Labute approximate surface area is 130 Å². The van der Waals surface area contributed by atoms with Crippen LogP contribution in [0.5, 0.6) is 5.75 Å². The second-order valence-electron chi connectivity index (χ2n) is 6.65. The van der Waals surface area contributed by atoms with Crippen LogP contribution in [-0.2, 0) is 0 Å². The predicted octanol–water partition coefficient (Wildman–Crippen LogP) is 3.77. The van der Waals surface area contributed by atoms with E-state index in [0.29, 0.717) is 23.3 Å². The lowest BCUT2D eigenvalue weighted by molar-refractivity contribution is 0.0920. The Balaban J connectivity index is 1.63. The van der Waals surface area contributed by atoms with Gasteiger partial charge in [0.25, 0.3) is 5.91 Å². The van der Waals surface area contributed by atoms with Crippen LogP contribution in [-0.4, -0.2) is 19.1 Å². The number of amides is 1. The molecule has 2 aliphatic carbocycles. The van der Waals surface area contributed by atoms with E-state index in [2.05, 4.69) is 5.32 Å². The molecule has 22 heavy (non-hydrogen) atoms. The first kappa shape index (κ1) is 13.6. The van der Waals surface area contributed by atoms with Crippen molar-refractivity contribution >= 4 is 16.7 Å². The maximum atomic E-state index is 12.7. The summed E-state index contributed by atoms with van der Waals surface area (Å²) < 4.78 is 5.44. The van der Waals surface area contributed by atoms with Gasteiger partial charge in [-0.25, -0.2) is 0 Å². The van der Waals surface area contributed by atoms with Crippen LogP contribution >= 0.6 is 0 Å². The highest BCUT2D eigenvalue weighted by Crippen LogP contribution is 2.44. The van der Waals surface area contributed by atoms with Crippen LogP contribution in [0.1, 0.15) is 36.0 Å². The first-order valence-electron chi connectivity index (χ1n) is 8.12. The summed E-state index contributed by atoms with van der Waals surface area (Å²) in [6.45, 7) is 0. The van der Waals surface area contributed by atoms with Crippen molar-refractivity contribution in [3.8, 4) is 5.75 Å². The van der Waals surface area contributed by atoms with Crippen molar-refractivity contribution in [1.29, 1.82) is 0 Å². The van der Waals surface area contributed by atoms with Gasteiger partial charge in [0.2, 0.25) is 0 Å². The van der Waals surface area contributed by atoms with Crippen molar-refractivity contribution in [2.24, 2.45) is 11.8 Å². The van der Waals surface area contributed by atoms with Gasteiger partial charge in [0.15, 0.2) is 0 Å². The van der Waals surface area contributed by atoms with E-state index in [9.17, 15) is 4.79 Å². The van der Waals surface area contributed by atoms with Gasteiger partial charge in [-0.05, 0) is 54.0 Å². The van der Waals surface area contributed by atoms with E-state index in [1.807, 2.05) is 36.4 Å². The van der Waals surface area contributed by atoms with Crippen LogP contribution in [0.2, 0.25) is 0 Å². The molecule has 0 saturated heterocycles. The highest BCUT2D eigenvalue weighted by atomic mass is 16.5. The number of nitrogens with one attached hydrogen (secondary N) is 1. The number of benzene rings is 2. The van der Waals surface area contributed by atoms with E-state index < -0.39 is 0 Å². The van der Waals surface area contributed by atoms with E-state index >= 15 is 0 Å². The van der Waals surface area contributed by atoms with E-state index in [4.69, 9.17) is 4.74 Å². The molecule has 1 N–H and O–H groups in total. The van der Waals surface area contributed by atoms with Crippen LogP contribution in [0, 0.1) is 11.8 Å². The lowest BCUT2D eigenvalue weighted by atomic mass is 9.95. The molecule has 0 radical (unpaired) electrons. The topological polar surface area (TPSA) is 38.3 Å². The average Bonchev–Trinajstić information content (AvgIpc) is 3.16. The number of ether oxygens (including phenoxy) is 1. The fourth-order valence-corrected chi connectivity index (χ4v) is 4.23. The summed E-state index contributed by atoms with van der Waals surface area (Å²) in [4.78, 5) is 12.7. The number of fused-ring (bicyclic) bond motifs is 3. The highest BCUT2D eigenvalue weighted by molar-refractivity contribution is 6.01. The normalized spacial score (nSPS) is 26.3. The molecule has 0 spiro atoms. The van der Waals surface area contributed by atoms with Gasteiger partial charge in [-0.1, -0.05) is 30.7 Å². The van der Waals surface area contributed by atoms with Gasteiger partial charge < -0.3 is 10.1 Å². The molecule has 114 valence electrons. The third-order valence-corrected chi connectivity index (χ3v) is 5.37. The number of carbonyl (C=O) groups excluding carboxylic acids is 1. The molecule has 4 rings (SSSR count). The quantitative estimate of drug-likeness (QED) is 0.936. The first-order chi connectivity index (χ1) is 10.7. The number of hydrogen-bond acceptors (Lipinski definition) is 2. The monoisotopic (exact) mass is 295 g/mol. The molecule has 3 atom stereocenters. The van der Waals surface area contributed by atoms with Gasteiger partial charge in [-0.15, -0.1) is 0 Å². The third kappa shape index (κ3) is 2.25. The molecule has 2 fully saturated rings. The Kier molecular flexibility index (Phi) is 3.29. The Morgan fingerprint density at radius 2 is 1.91 bits per heavy atom. The summed E-state index contributed by atoms with van der Waals surface area (Å²) in [5, 5.41) is 5.41. The van der Waals surface area contributed by atoms with Crippen molar-refractivity contribution in [2.45, 2.75) is 31.7 Å². The second-order valence-corrected chi connectivity index (χ2v) is 6.65. The zero-order chi connectivity index (χ0) is 15.1. The molecule has 2 aromatic rings. The van der Waals surface area contributed by atoms with Crippen LogP contribution in [0.25, 0.3) is 10.8 Å². The number of hydrogen-bond donors (Lipinski definition) is 1. The minimum Gasteiger partial charge on any atom is -0.496 e. The average molecular weight is 295 g/mol. The van der Waals surface area contributed by atoms with E-state index in [1.165, 1.54) is 19.3 Å². The van der Waals surface area contributed by atoms with Crippen LogP contribution in [0.15, 0.2) is 36.4 Å². The minimum atomic E-state index is 0.000142. The van der Waals surface area contributed by atoms with Crippen molar-refractivity contribution in [3.63, 3.8) is 0 Å². The lowest BCUT2D eigenvalue weighted by Gasteiger charge is -2.23. The predicted molar refractivity (Wildman–Crippen MR) is 87.2 cm³/mol. The largest absolute Gasteiger partial charge is 0.496 e. The van der Waals surface area contributed by atoms with Crippen molar-refractivity contribution in [2.75, 3.05) is 7.11 Å². The molecular formula is C19H21NO2. The fraction of sp³-hybridized carbons (Fsp3) is 0.421. The van der Waals surface area contributed by atoms with Crippen molar-refractivity contribution < 1.29 is 9.53 Å². The van der Waals surface area contributed by atoms with E-state index in [-0.39, 0.29) is 5.91 Å². The Hall–Kier alpha value is -2.03. The van der Waals surface area contributed by atoms with Crippen molar-refractivity contribution in [3.05, 3.63) is 42.0 Å². The Morgan fingerprint density at radius 3 is 2.55 bits per heavy atom. The maximum absolute atomic E-state index is 12.7.